The number of hydrogen-bond donors (Lipinski definition) is 0. The zero-order valence-electron chi connectivity index (χ0n) is 11.8. The first-order valence-corrected chi connectivity index (χ1v) is 7.16. The Bertz CT molecular complexity index is 579. The van der Waals surface area contributed by atoms with Crippen molar-refractivity contribution in [2.45, 2.75) is 51.2 Å². The Labute approximate surface area is 118 Å². The number of pyridine rings is 1. The molecule has 2 aromatic heterocycles. The second-order valence-corrected chi connectivity index (χ2v) is 5.68. The highest BCUT2D eigenvalue weighted by molar-refractivity contribution is 5.53. The van der Waals surface area contributed by atoms with Crippen molar-refractivity contribution in [3.8, 4) is 11.4 Å². The molecule has 5 heteroatoms. The molecule has 0 amide bonds. The molecular formula is C15H19FN4. The van der Waals surface area contributed by atoms with Gasteiger partial charge >= 0.3 is 0 Å². The molecule has 0 radical (unpaired) electrons. The summed E-state index contributed by atoms with van der Waals surface area (Å²) in [6, 6.07) is 4.03. The second kappa shape index (κ2) is 5.31. The van der Waals surface area contributed by atoms with Gasteiger partial charge in [0.05, 0.1) is 0 Å². The van der Waals surface area contributed by atoms with E-state index in [1.165, 1.54) is 0 Å². The van der Waals surface area contributed by atoms with Gasteiger partial charge in [0.1, 0.15) is 12.0 Å². The first kappa shape index (κ1) is 13.2. The highest BCUT2D eigenvalue weighted by atomic mass is 19.1. The van der Waals surface area contributed by atoms with Crippen LogP contribution in [0.3, 0.4) is 0 Å². The third-order valence-electron chi connectivity index (χ3n) is 3.82. The summed E-state index contributed by atoms with van der Waals surface area (Å²) < 4.78 is 15.4. The SMILES string of the molecule is CC(C)n1nc(-c2ccncc2)nc1C1CCC(F)C1. The maximum absolute atomic E-state index is 13.5. The molecule has 0 aliphatic heterocycles. The zero-order valence-corrected chi connectivity index (χ0v) is 11.8. The van der Waals surface area contributed by atoms with Gasteiger partial charge < -0.3 is 0 Å². The van der Waals surface area contributed by atoms with E-state index in [2.05, 4.69) is 28.9 Å². The van der Waals surface area contributed by atoms with Gasteiger partial charge in [-0.3, -0.25) is 4.98 Å². The van der Waals surface area contributed by atoms with Gasteiger partial charge in [-0.05, 0) is 45.2 Å². The van der Waals surface area contributed by atoms with Crippen LogP contribution in [0.15, 0.2) is 24.5 Å². The molecule has 0 aromatic carbocycles. The molecule has 2 heterocycles. The second-order valence-electron chi connectivity index (χ2n) is 5.68. The quantitative estimate of drug-likeness (QED) is 0.860. The smallest absolute Gasteiger partial charge is 0.181 e. The van der Waals surface area contributed by atoms with Crippen LogP contribution < -0.4 is 0 Å². The topological polar surface area (TPSA) is 43.6 Å². The molecule has 2 atom stereocenters. The molecule has 20 heavy (non-hydrogen) atoms. The lowest BCUT2D eigenvalue weighted by atomic mass is 10.1. The molecule has 2 aromatic rings. The van der Waals surface area contributed by atoms with E-state index in [1.807, 2.05) is 16.8 Å². The van der Waals surface area contributed by atoms with Gasteiger partial charge in [-0.1, -0.05) is 0 Å². The summed E-state index contributed by atoms with van der Waals surface area (Å²) in [5.41, 5.74) is 0.954. The van der Waals surface area contributed by atoms with Crippen LogP contribution >= 0.6 is 0 Å². The summed E-state index contributed by atoms with van der Waals surface area (Å²) in [5.74, 6) is 1.82. The summed E-state index contributed by atoms with van der Waals surface area (Å²) >= 11 is 0. The number of halogens is 1. The maximum atomic E-state index is 13.5. The molecule has 106 valence electrons. The van der Waals surface area contributed by atoms with Gasteiger partial charge in [0, 0.05) is 29.9 Å². The first-order chi connectivity index (χ1) is 9.65. The largest absolute Gasteiger partial charge is 0.265 e. The van der Waals surface area contributed by atoms with Crippen LogP contribution in [0.2, 0.25) is 0 Å². The van der Waals surface area contributed by atoms with Crippen molar-refractivity contribution in [1.82, 2.24) is 19.7 Å². The Morgan fingerprint density at radius 1 is 1.25 bits per heavy atom. The van der Waals surface area contributed by atoms with Crippen molar-refractivity contribution in [1.29, 1.82) is 0 Å². The van der Waals surface area contributed by atoms with Crippen molar-refractivity contribution >= 4 is 0 Å². The predicted octanol–water partition coefficient (Wildman–Crippen LogP) is 3.53. The molecular weight excluding hydrogens is 255 g/mol. The Kier molecular flexibility index (Phi) is 3.51. The van der Waals surface area contributed by atoms with Crippen LogP contribution in [0.4, 0.5) is 4.39 Å². The van der Waals surface area contributed by atoms with Gasteiger partial charge in [0.25, 0.3) is 0 Å². The van der Waals surface area contributed by atoms with E-state index in [4.69, 9.17) is 0 Å². The molecule has 1 aliphatic rings. The third kappa shape index (κ3) is 2.44. The zero-order chi connectivity index (χ0) is 14.1. The lowest BCUT2D eigenvalue weighted by Crippen LogP contribution is -2.11. The summed E-state index contributed by atoms with van der Waals surface area (Å²) in [4.78, 5) is 8.69. The van der Waals surface area contributed by atoms with E-state index < -0.39 is 6.17 Å². The average molecular weight is 274 g/mol. The predicted molar refractivity (Wildman–Crippen MR) is 75.1 cm³/mol. The summed E-state index contributed by atoms with van der Waals surface area (Å²) in [5, 5.41) is 4.60. The Hall–Kier alpha value is -1.78. The number of hydrogen-bond acceptors (Lipinski definition) is 3. The number of alkyl halides is 1. The minimum atomic E-state index is -0.693. The molecule has 1 fully saturated rings. The monoisotopic (exact) mass is 274 g/mol. The fraction of sp³-hybridized carbons (Fsp3) is 0.533. The summed E-state index contributed by atoms with van der Waals surface area (Å²) in [6.45, 7) is 4.16. The minimum absolute atomic E-state index is 0.190. The number of rotatable bonds is 3. The highest BCUT2D eigenvalue weighted by Crippen LogP contribution is 2.36. The normalized spacial score (nSPS) is 22.6. The molecule has 1 saturated carbocycles. The van der Waals surface area contributed by atoms with Gasteiger partial charge in [0.15, 0.2) is 5.82 Å². The third-order valence-corrected chi connectivity index (χ3v) is 3.82. The maximum Gasteiger partial charge on any atom is 0.181 e. The van der Waals surface area contributed by atoms with E-state index in [9.17, 15) is 4.39 Å². The fourth-order valence-electron chi connectivity index (χ4n) is 2.78. The van der Waals surface area contributed by atoms with Crippen LogP contribution in [0.5, 0.6) is 0 Å². The first-order valence-electron chi connectivity index (χ1n) is 7.16. The van der Waals surface area contributed by atoms with E-state index in [-0.39, 0.29) is 12.0 Å². The summed E-state index contributed by atoms with van der Waals surface area (Å²) in [6.07, 6.45) is 4.85. The van der Waals surface area contributed by atoms with Crippen molar-refractivity contribution in [3.63, 3.8) is 0 Å². The van der Waals surface area contributed by atoms with E-state index in [0.29, 0.717) is 18.7 Å². The van der Waals surface area contributed by atoms with Crippen molar-refractivity contribution in [2.24, 2.45) is 0 Å². The van der Waals surface area contributed by atoms with Crippen LogP contribution in [0, 0.1) is 0 Å². The molecule has 3 rings (SSSR count). The molecule has 0 N–H and O–H groups in total. The number of aromatic nitrogens is 4. The molecule has 0 spiro atoms. The lowest BCUT2D eigenvalue weighted by molar-refractivity contribution is 0.336. The van der Waals surface area contributed by atoms with E-state index >= 15 is 0 Å². The van der Waals surface area contributed by atoms with Crippen molar-refractivity contribution in [3.05, 3.63) is 30.4 Å². The van der Waals surface area contributed by atoms with Crippen molar-refractivity contribution < 1.29 is 4.39 Å². The Morgan fingerprint density at radius 3 is 2.60 bits per heavy atom. The van der Waals surface area contributed by atoms with Crippen LogP contribution in [-0.2, 0) is 0 Å². The fourth-order valence-corrected chi connectivity index (χ4v) is 2.78. The van der Waals surface area contributed by atoms with E-state index in [0.717, 1.165) is 17.8 Å². The molecule has 2 unspecified atom stereocenters. The van der Waals surface area contributed by atoms with Gasteiger partial charge in [-0.25, -0.2) is 14.1 Å². The molecule has 0 saturated heterocycles. The highest BCUT2D eigenvalue weighted by Gasteiger charge is 2.30. The number of nitrogens with zero attached hydrogens (tertiary/aromatic N) is 4. The van der Waals surface area contributed by atoms with Crippen LogP contribution in [0.1, 0.15) is 50.9 Å². The van der Waals surface area contributed by atoms with Gasteiger partial charge in [-0.2, -0.15) is 5.10 Å². The van der Waals surface area contributed by atoms with Gasteiger partial charge in [0.2, 0.25) is 0 Å². The molecule has 4 nitrogen and oxygen atoms in total. The van der Waals surface area contributed by atoms with E-state index in [1.54, 1.807) is 12.4 Å². The standard InChI is InChI=1S/C15H19FN4/c1-10(2)20-15(12-3-4-13(16)9-12)18-14(19-20)11-5-7-17-8-6-11/h5-8,10,12-13H,3-4,9H2,1-2H3. The molecule has 1 aliphatic carbocycles. The van der Waals surface area contributed by atoms with Crippen LogP contribution in [-0.4, -0.2) is 25.9 Å². The minimum Gasteiger partial charge on any atom is -0.265 e. The Morgan fingerprint density at radius 2 is 2.00 bits per heavy atom. The average Bonchev–Trinajstić information content (AvgIpc) is 3.05. The molecule has 0 bridgehead atoms. The van der Waals surface area contributed by atoms with Crippen LogP contribution in [0.25, 0.3) is 11.4 Å². The summed E-state index contributed by atoms with van der Waals surface area (Å²) in [7, 11) is 0. The Balaban J connectivity index is 1.99. The van der Waals surface area contributed by atoms with Crippen molar-refractivity contribution in [2.75, 3.05) is 0 Å². The lowest BCUT2D eigenvalue weighted by Gasteiger charge is -2.13. The van der Waals surface area contributed by atoms with Gasteiger partial charge in [-0.15, -0.1) is 0 Å².